The van der Waals surface area contributed by atoms with Crippen molar-refractivity contribution in [2.45, 2.75) is 0 Å². The molecule has 0 aliphatic carbocycles. The Labute approximate surface area is 90.5 Å². The van der Waals surface area contributed by atoms with Crippen LogP contribution in [0.25, 0.3) is 10.9 Å². The third-order valence-electron chi connectivity index (χ3n) is 2.46. The van der Waals surface area contributed by atoms with Crippen molar-refractivity contribution in [3.05, 3.63) is 48.2 Å². The zero-order valence-corrected chi connectivity index (χ0v) is 8.27. The molecule has 78 valence electrons. The van der Waals surface area contributed by atoms with E-state index in [0.717, 1.165) is 10.9 Å². The Morgan fingerprint density at radius 3 is 2.94 bits per heavy atom. The van der Waals surface area contributed by atoms with E-state index < -0.39 is 0 Å². The number of hydrogen-bond acceptors (Lipinski definition) is 3. The maximum atomic E-state index is 12.0. The molecule has 2 aromatic heterocycles. The number of nitrogens with one attached hydrogen (secondary N) is 2. The Bertz CT molecular complexity index is 639. The van der Waals surface area contributed by atoms with Crippen LogP contribution in [0.1, 0.15) is 16.2 Å². The molecule has 0 bridgehead atoms. The predicted molar refractivity (Wildman–Crippen MR) is 58.1 cm³/mol. The molecule has 0 saturated carbocycles. The number of aromatic nitrogens is 4. The minimum atomic E-state index is -0.157. The summed E-state index contributed by atoms with van der Waals surface area (Å²) in [6, 6.07) is 7.64. The molecule has 1 aromatic carbocycles. The fourth-order valence-electron chi connectivity index (χ4n) is 1.70. The molecule has 0 aliphatic heterocycles. The first-order valence-electron chi connectivity index (χ1n) is 4.82. The van der Waals surface area contributed by atoms with Crippen molar-refractivity contribution < 1.29 is 4.79 Å². The summed E-state index contributed by atoms with van der Waals surface area (Å²) in [6.07, 6.45) is 3.01. The highest BCUT2D eigenvalue weighted by Crippen LogP contribution is 2.19. The fourth-order valence-corrected chi connectivity index (χ4v) is 1.70. The van der Waals surface area contributed by atoms with Crippen LogP contribution >= 0.6 is 0 Å². The van der Waals surface area contributed by atoms with Gasteiger partial charge in [-0.3, -0.25) is 9.89 Å². The Morgan fingerprint density at radius 1 is 1.25 bits per heavy atom. The number of carbonyl (C=O) groups excluding carboxylic acids is 1. The van der Waals surface area contributed by atoms with Gasteiger partial charge < -0.3 is 4.98 Å². The molecule has 16 heavy (non-hydrogen) atoms. The van der Waals surface area contributed by atoms with Crippen LogP contribution in [0.5, 0.6) is 0 Å². The highest BCUT2D eigenvalue weighted by atomic mass is 16.1. The van der Waals surface area contributed by atoms with E-state index in [1.54, 1.807) is 6.20 Å². The van der Waals surface area contributed by atoms with E-state index in [1.807, 2.05) is 24.3 Å². The molecule has 0 spiro atoms. The van der Waals surface area contributed by atoms with Crippen LogP contribution in [0.4, 0.5) is 0 Å². The number of rotatable bonds is 2. The highest BCUT2D eigenvalue weighted by molar-refractivity contribution is 6.14. The lowest BCUT2D eigenvalue weighted by Crippen LogP contribution is -2.02. The number of para-hydroxylation sites is 1. The molecule has 0 unspecified atom stereocenters. The van der Waals surface area contributed by atoms with Gasteiger partial charge in [0.15, 0.2) is 5.82 Å². The summed E-state index contributed by atoms with van der Waals surface area (Å²) in [5, 5.41) is 7.12. The van der Waals surface area contributed by atoms with Crippen LogP contribution < -0.4 is 0 Å². The van der Waals surface area contributed by atoms with E-state index in [-0.39, 0.29) is 11.6 Å². The summed E-state index contributed by atoms with van der Waals surface area (Å²) in [6.45, 7) is 0. The number of aromatic amines is 2. The van der Waals surface area contributed by atoms with Gasteiger partial charge in [-0.05, 0) is 6.07 Å². The summed E-state index contributed by atoms with van der Waals surface area (Å²) in [5.41, 5.74) is 1.54. The maximum Gasteiger partial charge on any atom is 0.231 e. The van der Waals surface area contributed by atoms with E-state index in [1.165, 1.54) is 6.33 Å². The number of benzene rings is 1. The number of fused-ring (bicyclic) bond motifs is 1. The number of H-pyrrole nitrogens is 2. The number of carbonyl (C=O) groups is 1. The van der Waals surface area contributed by atoms with Crippen LogP contribution in [0.15, 0.2) is 36.8 Å². The fraction of sp³-hybridized carbons (Fsp3) is 0. The van der Waals surface area contributed by atoms with Gasteiger partial charge in [0.05, 0.1) is 5.56 Å². The quantitative estimate of drug-likeness (QED) is 0.632. The monoisotopic (exact) mass is 212 g/mol. The average molecular weight is 212 g/mol. The first-order chi connectivity index (χ1) is 7.86. The van der Waals surface area contributed by atoms with E-state index >= 15 is 0 Å². The first kappa shape index (κ1) is 8.84. The van der Waals surface area contributed by atoms with E-state index in [0.29, 0.717) is 5.56 Å². The van der Waals surface area contributed by atoms with Crippen LogP contribution in [0.3, 0.4) is 0 Å². The van der Waals surface area contributed by atoms with E-state index in [2.05, 4.69) is 20.2 Å². The second-order valence-electron chi connectivity index (χ2n) is 3.41. The lowest BCUT2D eigenvalue weighted by atomic mass is 10.1. The Morgan fingerprint density at radius 2 is 2.12 bits per heavy atom. The maximum absolute atomic E-state index is 12.0. The molecule has 2 N–H and O–H groups in total. The van der Waals surface area contributed by atoms with Crippen LogP contribution in [-0.4, -0.2) is 25.9 Å². The smallest absolute Gasteiger partial charge is 0.231 e. The summed E-state index contributed by atoms with van der Waals surface area (Å²) in [4.78, 5) is 18.9. The third-order valence-corrected chi connectivity index (χ3v) is 2.46. The number of nitrogens with zero attached hydrogens (tertiary/aromatic N) is 2. The molecule has 0 fully saturated rings. The largest absolute Gasteiger partial charge is 0.360 e. The van der Waals surface area contributed by atoms with Crippen LogP contribution in [0.2, 0.25) is 0 Å². The topological polar surface area (TPSA) is 74.4 Å². The second-order valence-corrected chi connectivity index (χ2v) is 3.41. The molecule has 5 heteroatoms. The molecular weight excluding hydrogens is 204 g/mol. The average Bonchev–Trinajstić information content (AvgIpc) is 2.98. The summed E-state index contributed by atoms with van der Waals surface area (Å²) in [5.74, 6) is 0.0969. The highest BCUT2D eigenvalue weighted by Gasteiger charge is 2.15. The predicted octanol–water partition coefficient (Wildman–Crippen LogP) is 1.52. The Balaban J connectivity index is 2.16. The van der Waals surface area contributed by atoms with Gasteiger partial charge in [-0.1, -0.05) is 18.2 Å². The summed E-state index contributed by atoms with van der Waals surface area (Å²) < 4.78 is 0. The van der Waals surface area contributed by atoms with Crippen molar-refractivity contribution in [1.29, 1.82) is 0 Å². The minimum Gasteiger partial charge on any atom is -0.360 e. The molecule has 5 nitrogen and oxygen atoms in total. The van der Waals surface area contributed by atoms with Gasteiger partial charge in [0.25, 0.3) is 0 Å². The molecule has 3 aromatic rings. The molecular formula is C11H8N4O. The van der Waals surface area contributed by atoms with Gasteiger partial charge in [-0.15, -0.1) is 0 Å². The summed E-state index contributed by atoms with van der Waals surface area (Å²) in [7, 11) is 0. The van der Waals surface area contributed by atoms with Crippen LogP contribution in [-0.2, 0) is 0 Å². The Hall–Kier alpha value is -2.43. The van der Waals surface area contributed by atoms with Gasteiger partial charge in [0, 0.05) is 17.1 Å². The molecule has 0 amide bonds. The lowest BCUT2D eigenvalue weighted by molar-refractivity contribution is 0.103. The number of ketones is 1. The van der Waals surface area contributed by atoms with Gasteiger partial charge >= 0.3 is 0 Å². The molecule has 0 atom stereocenters. The molecule has 0 aliphatic rings. The van der Waals surface area contributed by atoms with Crippen molar-refractivity contribution in [2.24, 2.45) is 0 Å². The van der Waals surface area contributed by atoms with Gasteiger partial charge in [0.2, 0.25) is 5.78 Å². The van der Waals surface area contributed by atoms with E-state index in [4.69, 9.17) is 0 Å². The lowest BCUT2D eigenvalue weighted by Gasteiger charge is -1.94. The van der Waals surface area contributed by atoms with Crippen molar-refractivity contribution >= 4 is 16.7 Å². The SMILES string of the molecule is O=C(c1ncn[nH]1)c1c[nH]c2ccccc12. The van der Waals surface area contributed by atoms with Gasteiger partial charge in [-0.2, -0.15) is 5.10 Å². The standard InChI is InChI=1S/C11H8N4O/c16-10(11-13-6-14-15-11)8-5-12-9-4-2-1-3-7(8)9/h1-6,12H,(H,13,14,15). The molecule has 2 heterocycles. The normalized spacial score (nSPS) is 10.8. The second kappa shape index (κ2) is 3.30. The van der Waals surface area contributed by atoms with Crippen molar-refractivity contribution in [3.63, 3.8) is 0 Å². The minimum absolute atomic E-state index is 0.157. The molecule has 3 rings (SSSR count). The van der Waals surface area contributed by atoms with Gasteiger partial charge in [-0.25, -0.2) is 4.98 Å². The Kier molecular flexibility index (Phi) is 1.83. The van der Waals surface area contributed by atoms with Crippen molar-refractivity contribution in [3.8, 4) is 0 Å². The third kappa shape index (κ3) is 1.22. The van der Waals surface area contributed by atoms with Crippen LogP contribution in [0, 0.1) is 0 Å². The number of hydrogen-bond donors (Lipinski definition) is 2. The van der Waals surface area contributed by atoms with Gasteiger partial charge in [0.1, 0.15) is 6.33 Å². The zero-order chi connectivity index (χ0) is 11.0. The summed E-state index contributed by atoms with van der Waals surface area (Å²) >= 11 is 0. The van der Waals surface area contributed by atoms with Crippen molar-refractivity contribution in [1.82, 2.24) is 20.2 Å². The molecule has 0 radical (unpaired) electrons. The molecule has 0 saturated heterocycles. The zero-order valence-electron chi connectivity index (χ0n) is 8.27. The van der Waals surface area contributed by atoms with Crippen molar-refractivity contribution in [2.75, 3.05) is 0 Å². The first-order valence-corrected chi connectivity index (χ1v) is 4.82. The van der Waals surface area contributed by atoms with E-state index in [9.17, 15) is 4.79 Å².